The Hall–Kier alpha value is -1.97. The summed E-state index contributed by atoms with van der Waals surface area (Å²) in [7, 11) is -3.85. The molecule has 2 heterocycles. The molecule has 1 aromatic carbocycles. The lowest BCUT2D eigenvalue weighted by molar-refractivity contribution is -0.136. The number of hydrogen-bond donors (Lipinski definition) is 2. The molecule has 0 aromatic heterocycles. The lowest BCUT2D eigenvalue weighted by Gasteiger charge is -2.33. The van der Waals surface area contributed by atoms with Gasteiger partial charge in [0.2, 0.25) is 21.8 Å². The smallest absolute Gasteiger partial charge is 0.238 e. The highest BCUT2D eigenvalue weighted by molar-refractivity contribution is 7.89. The zero-order valence-electron chi connectivity index (χ0n) is 14.0. The number of amides is 2. The first-order valence-corrected chi connectivity index (χ1v) is 9.76. The zero-order chi connectivity index (χ0) is 18.2. The van der Waals surface area contributed by atoms with Crippen LogP contribution >= 0.6 is 0 Å². The second-order valence-corrected chi connectivity index (χ2v) is 8.15. The summed E-state index contributed by atoms with van der Waals surface area (Å²) in [5, 5.41) is 8.43. The fraction of sp³-hybridized carbons (Fsp3) is 0.500. The van der Waals surface area contributed by atoms with Gasteiger partial charge in [-0.05, 0) is 25.1 Å². The van der Waals surface area contributed by atoms with Crippen molar-refractivity contribution in [3.8, 4) is 0 Å². The summed E-state index contributed by atoms with van der Waals surface area (Å²) >= 11 is 0. The molecule has 2 aliphatic heterocycles. The maximum atomic E-state index is 12.7. The predicted molar refractivity (Wildman–Crippen MR) is 92.3 cm³/mol. The predicted octanol–water partition coefficient (Wildman–Crippen LogP) is -0.493. The van der Waals surface area contributed by atoms with Gasteiger partial charge < -0.3 is 15.1 Å². The van der Waals surface area contributed by atoms with Crippen molar-refractivity contribution in [2.75, 3.05) is 31.1 Å². The number of nitrogens with two attached hydrogens (primary N) is 1. The van der Waals surface area contributed by atoms with Crippen molar-refractivity contribution in [3.63, 3.8) is 0 Å². The standard InChI is InChI=1S/C16H22N4O4S/c1-11-9-19(6-5-18-11)16(22)12-7-15(21)20(10-12)13-3-2-4-14(8-13)25(17,23)24/h2-4,8,11-12,18H,5-7,9-10H2,1H3,(H2,17,23,24). The molecule has 0 bridgehead atoms. The van der Waals surface area contributed by atoms with E-state index in [4.69, 9.17) is 5.14 Å². The molecule has 25 heavy (non-hydrogen) atoms. The van der Waals surface area contributed by atoms with Gasteiger partial charge in [-0.15, -0.1) is 0 Å². The summed E-state index contributed by atoms with van der Waals surface area (Å²) in [6.07, 6.45) is 0.136. The molecule has 0 spiro atoms. The Morgan fingerprint density at radius 2 is 2.08 bits per heavy atom. The molecule has 2 atom stereocenters. The number of piperazine rings is 1. The Morgan fingerprint density at radius 3 is 2.76 bits per heavy atom. The fourth-order valence-corrected chi connectivity index (χ4v) is 3.89. The number of carbonyl (C=O) groups is 2. The van der Waals surface area contributed by atoms with E-state index in [1.165, 1.54) is 23.1 Å². The van der Waals surface area contributed by atoms with Gasteiger partial charge in [-0.3, -0.25) is 9.59 Å². The molecule has 1 aromatic rings. The molecule has 0 radical (unpaired) electrons. The van der Waals surface area contributed by atoms with Crippen LogP contribution in [0, 0.1) is 5.92 Å². The Bertz CT molecular complexity index is 795. The van der Waals surface area contributed by atoms with Crippen LogP contribution in [-0.4, -0.2) is 57.4 Å². The van der Waals surface area contributed by atoms with Crippen molar-refractivity contribution < 1.29 is 18.0 Å². The van der Waals surface area contributed by atoms with Crippen LogP contribution in [0.4, 0.5) is 5.69 Å². The number of primary sulfonamides is 1. The molecule has 136 valence electrons. The van der Waals surface area contributed by atoms with Crippen LogP contribution < -0.4 is 15.4 Å². The number of hydrogen-bond acceptors (Lipinski definition) is 5. The van der Waals surface area contributed by atoms with E-state index in [2.05, 4.69) is 5.32 Å². The Morgan fingerprint density at radius 1 is 1.32 bits per heavy atom. The molecule has 2 saturated heterocycles. The van der Waals surface area contributed by atoms with Gasteiger partial charge in [-0.1, -0.05) is 6.07 Å². The van der Waals surface area contributed by atoms with Crippen LogP contribution in [0.5, 0.6) is 0 Å². The normalized spacial score (nSPS) is 24.6. The SMILES string of the molecule is CC1CN(C(=O)C2CC(=O)N(c3cccc(S(N)(=O)=O)c3)C2)CCN1. The minimum absolute atomic E-state index is 0.0215. The monoisotopic (exact) mass is 366 g/mol. The van der Waals surface area contributed by atoms with Gasteiger partial charge >= 0.3 is 0 Å². The largest absolute Gasteiger partial charge is 0.340 e. The number of rotatable bonds is 3. The van der Waals surface area contributed by atoms with Crippen molar-refractivity contribution in [2.45, 2.75) is 24.3 Å². The molecule has 9 heteroatoms. The van der Waals surface area contributed by atoms with Gasteiger partial charge in [-0.2, -0.15) is 0 Å². The summed E-state index contributed by atoms with van der Waals surface area (Å²) < 4.78 is 23.0. The van der Waals surface area contributed by atoms with Crippen LogP contribution in [0.1, 0.15) is 13.3 Å². The van der Waals surface area contributed by atoms with E-state index < -0.39 is 15.9 Å². The molecule has 3 N–H and O–H groups in total. The van der Waals surface area contributed by atoms with Crippen molar-refractivity contribution in [1.29, 1.82) is 0 Å². The summed E-state index contributed by atoms with van der Waals surface area (Å²) in [5.41, 5.74) is 0.445. The topological polar surface area (TPSA) is 113 Å². The number of sulfonamides is 1. The lowest BCUT2D eigenvalue weighted by Crippen LogP contribution is -2.53. The van der Waals surface area contributed by atoms with Crippen molar-refractivity contribution in [2.24, 2.45) is 11.1 Å². The summed E-state index contributed by atoms with van der Waals surface area (Å²) in [5.74, 6) is -0.615. The van der Waals surface area contributed by atoms with Gasteiger partial charge in [0, 0.05) is 44.3 Å². The van der Waals surface area contributed by atoms with E-state index in [1.807, 2.05) is 6.92 Å². The molecule has 2 aliphatic rings. The third kappa shape index (κ3) is 3.83. The first-order valence-electron chi connectivity index (χ1n) is 8.21. The van der Waals surface area contributed by atoms with Crippen LogP contribution in [0.25, 0.3) is 0 Å². The molecule has 2 amide bonds. The molecule has 0 saturated carbocycles. The van der Waals surface area contributed by atoms with Gasteiger partial charge in [0.1, 0.15) is 0 Å². The average molecular weight is 366 g/mol. The third-order valence-electron chi connectivity index (χ3n) is 4.61. The van der Waals surface area contributed by atoms with Crippen LogP contribution in [0.3, 0.4) is 0 Å². The number of carbonyl (C=O) groups excluding carboxylic acids is 2. The quantitative estimate of drug-likeness (QED) is 0.749. The summed E-state index contributed by atoms with van der Waals surface area (Å²) in [4.78, 5) is 28.3. The number of benzene rings is 1. The average Bonchev–Trinajstić information content (AvgIpc) is 2.95. The van der Waals surface area contributed by atoms with Gasteiger partial charge in [0.15, 0.2) is 0 Å². The van der Waals surface area contributed by atoms with Crippen molar-refractivity contribution in [3.05, 3.63) is 24.3 Å². The van der Waals surface area contributed by atoms with Crippen molar-refractivity contribution in [1.82, 2.24) is 10.2 Å². The van der Waals surface area contributed by atoms with E-state index in [9.17, 15) is 18.0 Å². The first kappa shape index (κ1) is 17.8. The van der Waals surface area contributed by atoms with Gasteiger partial charge in [-0.25, -0.2) is 13.6 Å². The molecule has 8 nitrogen and oxygen atoms in total. The minimum Gasteiger partial charge on any atom is -0.340 e. The molecular weight excluding hydrogens is 344 g/mol. The highest BCUT2D eigenvalue weighted by atomic mass is 32.2. The van der Waals surface area contributed by atoms with Gasteiger partial charge in [0.25, 0.3) is 0 Å². The zero-order valence-corrected chi connectivity index (χ0v) is 14.8. The van der Waals surface area contributed by atoms with Crippen LogP contribution in [-0.2, 0) is 19.6 Å². The second-order valence-electron chi connectivity index (χ2n) is 6.59. The Balaban J connectivity index is 1.75. The molecule has 2 unspecified atom stereocenters. The second kappa shape index (κ2) is 6.74. The number of anilines is 1. The van der Waals surface area contributed by atoms with Gasteiger partial charge in [0.05, 0.1) is 10.8 Å². The maximum Gasteiger partial charge on any atom is 0.238 e. The molecule has 2 fully saturated rings. The molecular formula is C16H22N4O4S. The van der Waals surface area contributed by atoms with Crippen LogP contribution in [0.15, 0.2) is 29.2 Å². The summed E-state index contributed by atoms with van der Waals surface area (Å²) in [6, 6.07) is 6.16. The Labute approximate surface area is 147 Å². The van der Waals surface area contributed by atoms with E-state index >= 15 is 0 Å². The first-order chi connectivity index (χ1) is 11.8. The van der Waals surface area contributed by atoms with E-state index in [1.54, 1.807) is 11.0 Å². The van der Waals surface area contributed by atoms with Crippen molar-refractivity contribution >= 4 is 27.5 Å². The minimum atomic E-state index is -3.85. The summed E-state index contributed by atoms with van der Waals surface area (Å²) in [6.45, 7) is 4.28. The number of nitrogens with zero attached hydrogens (tertiary/aromatic N) is 2. The lowest BCUT2D eigenvalue weighted by atomic mass is 10.1. The highest BCUT2D eigenvalue weighted by Crippen LogP contribution is 2.28. The number of nitrogens with one attached hydrogen (secondary N) is 1. The maximum absolute atomic E-state index is 12.7. The van der Waals surface area contributed by atoms with E-state index in [0.717, 1.165) is 6.54 Å². The highest BCUT2D eigenvalue weighted by Gasteiger charge is 2.38. The van der Waals surface area contributed by atoms with Crippen LogP contribution in [0.2, 0.25) is 0 Å². The van der Waals surface area contributed by atoms with E-state index in [-0.39, 0.29) is 35.7 Å². The molecule has 3 rings (SSSR count). The third-order valence-corrected chi connectivity index (χ3v) is 5.52. The fourth-order valence-electron chi connectivity index (χ4n) is 3.34. The Kier molecular flexibility index (Phi) is 4.81. The van der Waals surface area contributed by atoms with E-state index in [0.29, 0.717) is 18.8 Å². The molecule has 0 aliphatic carbocycles.